The Morgan fingerprint density at radius 1 is 1.29 bits per heavy atom. The largest absolute Gasteiger partial charge is 0.495 e. The van der Waals surface area contributed by atoms with Crippen LogP contribution in [0, 0.1) is 5.92 Å². The molecule has 0 spiro atoms. The van der Waals surface area contributed by atoms with Gasteiger partial charge in [0, 0.05) is 17.7 Å². The van der Waals surface area contributed by atoms with E-state index in [0.29, 0.717) is 33.8 Å². The van der Waals surface area contributed by atoms with Gasteiger partial charge in [0.05, 0.1) is 42.5 Å². The summed E-state index contributed by atoms with van der Waals surface area (Å²) in [5.74, 6) is 0.914. The van der Waals surface area contributed by atoms with Crippen LogP contribution < -0.4 is 14.4 Å². The van der Waals surface area contributed by atoms with Crippen molar-refractivity contribution in [1.82, 2.24) is 0 Å². The molecule has 0 aromatic heterocycles. The number of hydrogen-bond acceptors (Lipinski definition) is 6. The van der Waals surface area contributed by atoms with Crippen molar-refractivity contribution in [3.63, 3.8) is 0 Å². The predicted octanol–water partition coefficient (Wildman–Crippen LogP) is 3.00. The lowest BCUT2D eigenvalue weighted by molar-refractivity contribution is -0.118. The topological polar surface area (TPSA) is 85.3 Å². The van der Waals surface area contributed by atoms with Gasteiger partial charge in [0.25, 0.3) is 0 Å². The van der Waals surface area contributed by atoms with E-state index in [4.69, 9.17) is 21.1 Å². The summed E-state index contributed by atoms with van der Waals surface area (Å²) in [6, 6.07) is 2.97. The zero-order valence-corrected chi connectivity index (χ0v) is 18.5. The summed E-state index contributed by atoms with van der Waals surface area (Å²) < 4.78 is 35.1. The normalized spacial score (nSPS) is 24.6. The van der Waals surface area contributed by atoms with Crippen molar-refractivity contribution < 1.29 is 22.7 Å². The Morgan fingerprint density at radius 3 is 2.57 bits per heavy atom. The average Bonchev–Trinajstić information content (AvgIpc) is 3.04. The first-order valence-electron chi connectivity index (χ1n) is 8.84. The maximum atomic E-state index is 12.3. The highest BCUT2D eigenvalue weighted by Gasteiger charge is 2.50. The first kappa shape index (κ1) is 21.3. The van der Waals surface area contributed by atoms with Crippen molar-refractivity contribution in [1.29, 1.82) is 0 Å². The first-order chi connectivity index (χ1) is 13.1. The summed E-state index contributed by atoms with van der Waals surface area (Å²) >= 11 is 7.64. The fourth-order valence-electron chi connectivity index (χ4n) is 3.38. The fraction of sp³-hybridized carbons (Fsp3) is 0.556. The molecule has 3 rings (SSSR count). The van der Waals surface area contributed by atoms with Crippen LogP contribution in [0.15, 0.2) is 17.1 Å². The van der Waals surface area contributed by atoms with Crippen molar-refractivity contribution in [2.75, 3.05) is 30.6 Å². The highest BCUT2D eigenvalue weighted by molar-refractivity contribution is 8.16. The molecule has 0 radical (unpaired) electrons. The number of rotatable bonds is 5. The molecule has 2 fully saturated rings. The van der Waals surface area contributed by atoms with Crippen LogP contribution in [-0.2, 0) is 14.6 Å². The van der Waals surface area contributed by atoms with Crippen LogP contribution in [-0.4, -0.2) is 56.5 Å². The molecule has 7 nitrogen and oxygen atoms in total. The number of sulfone groups is 1. The van der Waals surface area contributed by atoms with Crippen LogP contribution in [0.2, 0.25) is 5.02 Å². The molecule has 2 aliphatic heterocycles. The molecule has 0 unspecified atom stereocenters. The predicted molar refractivity (Wildman–Crippen MR) is 113 cm³/mol. The van der Waals surface area contributed by atoms with E-state index < -0.39 is 9.84 Å². The van der Waals surface area contributed by atoms with E-state index in [2.05, 4.69) is 4.99 Å². The molecule has 0 saturated carbocycles. The molecule has 2 heterocycles. The maximum absolute atomic E-state index is 12.3. The van der Waals surface area contributed by atoms with E-state index in [9.17, 15) is 13.2 Å². The van der Waals surface area contributed by atoms with Crippen LogP contribution in [0.3, 0.4) is 0 Å². The second kappa shape index (κ2) is 8.12. The van der Waals surface area contributed by atoms with E-state index in [0.717, 1.165) is 0 Å². The molecule has 0 aliphatic carbocycles. The molecule has 154 valence electrons. The minimum absolute atomic E-state index is 0.00510. The molecule has 0 bridgehead atoms. The first-order valence-corrected chi connectivity index (χ1v) is 11.9. The van der Waals surface area contributed by atoms with Gasteiger partial charge in [-0.05, 0) is 12.0 Å². The monoisotopic (exact) mass is 446 g/mol. The number of thioether (sulfide) groups is 1. The number of ether oxygens (including phenoxy) is 2. The summed E-state index contributed by atoms with van der Waals surface area (Å²) in [5.41, 5.74) is 0.571. The smallest absolute Gasteiger partial charge is 0.248 e. The van der Waals surface area contributed by atoms with E-state index >= 15 is 0 Å². The zero-order chi connectivity index (χ0) is 20.6. The summed E-state index contributed by atoms with van der Waals surface area (Å²) in [6.07, 6.45) is 0.325. The molecule has 0 N–H and O–H groups in total. The number of amidine groups is 1. The van der Waals surface area contributed by atoms with Gasteiger partial charge in [-0.3, -0.25) is 4.79 Å². The van der Waals surface area contributed by atoms with Gasteiger partial charge < -0.3 is 14.4 Å². The fourth-order valence-corrected chi connectivity index (χ4v) is 7.54. The average molecular weight is 447 g/mol. The highest BCUT2D eigenvalue weighted by atomic mass is 35.5. The summed E-state index contributed by atoms with van der Waals surface area (Å²) in [4.78, 5) is 18.4. The summed E-state index contributed by atoms with van der Waals surface area (Å²) in [5, 5.41) is 0.650. The van der Waals surface area contributed by atoms with Crippen molar-refractivity contribution >= 4 is 50.0 Å². The number of carbonyl (C=O) groups is 1. The van der Waals surface area contributed by atoms with E-state index in [1.54, 1.807) is 17.0 Å². The van der Waals surface area contributed by atoms with Gasteiger partial charge >= 0.3 is 0 Å². The molecule has 2 aliphatic rings. The Hall–Kier alpha value is -1.45. The van der Waals surface area contributed by atoms with E-state index in [-0.39, 0.29) is 34.6 Å². The zero-order valence-electron chi connectivity index (χ0n) is 16.1. The molecular formula is C18H23ClN2O5S2. The van der Waals surface area contributed by atoms with Crippen molar-refractivity contribution in [3.8, 4) is 11.5 Å². The van der Waals surface area contributed by atoms with Crippen LogP contribution >= 0.6 is 23.4 Å². The van der Waals surface area contributed by atoms with Gasteiger partial charge in [-0.1, -0.05) is 37.2 Å². The van der Waals surface area contributed by atoms with Crippen LogP contribution in [0.25, 0.3) is 0 Å². The lowest BCUT2D eigenvalue weighted by atomic mass is 10.1. The molecular weight excluding hydrogens is 424 g/mol. The number of benzene rings is 1. The van der Waals surface area contributed by atoms with Gasteiger partial charge in [0.2, 0.25) is 5.91 Å². The van der Waals surface area contributed by atoms with Crippen LogP contribution in [0.1, 0.15) is 20.3 Å². The Balaban J connectivity index is 2.08. The summed E-state index contributed by atoms with van der Waals surface area (Å²) in [6.45, 7) is 3.90. The summed E-state index contributed by atoms with van der Waals surface area (Å²) in [7, 11) is -0.145. The third-order valence-electron chi connectivity index (χ3n) is 4.58. The van der Waals surface area contributed by atoms with Gasteiger partial charge in [-0.2, -0.15) is 4.99 Å². The molecule has 10 heteroatoms. The molecule has 1 amide bonds. The van der Waals surface area contributed by atoms with E-state index in [1.165, 1.54) is 26.0 Å². The molecule has 1 aromatic carbocycles. The van der Waals surface area contributed by atoms with Crippen LogP contribution in [0.4, 0.5) is 5.69 Å². The number of hydrogen-bond donors (Lipinski definition) is 0. The lowest BCUT2D eigenvalue weighted by Crippen LogP contribution is -2.38. The number of nitrogens with zero attached hydrogens (tertiary/aromatic N) is 2. The van der Waals surface area contributed by atoms with Gasteiger partial charge in [0.1, 0.15) is 11.5 Å². The maximum Gasteiger partial charge on any atom is 0.248 e. The number of carbonyl (C=O) groups excluding carboxylic acids is 1. The molecule has 2 atom stereocenters. The van der Waals surface area contributed by atoms with Gasteiger partial charge in [0.15, 0.2) is 15.0 Å². The van der Waals surface area contributed by atoms with Crippen molar-refractivity contribution in [2.45, 2.75) is 31.6 Å². The second-order valence-corrected chi connectivity index (χ2v) is 11.0. The number of halogens is 1. The quantitative estimate of drug-likeness (QED) is 0.687. The minimum atomic E-state index is -3.16. The third kappa shape index (κ3) is 4.26. The number of fused-ring (bicyclic) bond motifs is 1. The third-order valence-corrected chi connectivity index (χ3v) is 8.09. The van der Waals surface area contributed by atoms with E-state index in [1.807, 2.05) is 13.8 Å². The van der Waals surface area contributed by atoms with Gasteiger partial charge in [-0.15, -0.1) is 0 Å². The molecule has 2 saturated heterocycles. The second-order valence-electron chi connectivity index (χ2n) is 7.22. The Kier molecular flexibility index (Phi) is 6.17. The number of methoxy groups -OCH3 is 2. The van der Waals surface area contributed by atoms with Crippen molar-refractivity contribution in [3.05, 3.63) is 17.2 Å². The molecule has 1 aromatic rings. The Bertz CT molecular complexity index is 917. The number of anilines is 1. The molecule has 28 heavy (non-hydrogen) atoms. The Morgan fingerprint density at radius 2 is 1.96 bits per heavy atom. The highest BCUT2D eigenvalue weighted by Crippen LogP contribution is 2.46. The Labute approximate surface area is 174 Å². The van der Waals surface area contributed by atoms with Crippen LogP contribution in [0.5, 0.6) is 11.5 Å². The number of aliphatic imine (C=N–C) groups is 1. The number of amides is 1. The minimum Gasteiger partial charge on any atom is -0.495 e. The SMILES string of the molecule is COc1cc(OC)c(N2C(=NC(=O)CC(C)C)S[C@@H]3CS(=O)(=O)C[C@H]32)cc1Cl. The standard InChI is InChI=1S/C18H23ClN2O5S2/c1-10(2)5-17(22)20-18-21(13-8-28(23,24)9-16(13)27-18)12-6-11(19)14(25-3)7-15(12)26-4/h6-7,10,13,16H,5,8-9H2,1-4H3/t13-,16-/m1/s1. The van der Waals surface area contributed by atoms with Gasteiger partial charge in [-0.25, -0.2) is 8.42 Å². The lowest BCUT2D eigenvalue weighted by Gasteiger charge is -2.27. The van der Waals surface area contributed by atoms with Crippen molar-refractivity contribution in [2.24, 2.45) is 10.9 Å².